The Hall–Kier alpha value is -2.79. The number of tetrazole rings is 1. The Labute approximate surface area is 131 Å². The molecular weight excluding hydrogens is 298 g/mol. The molecular formula is C14H11N7S. The molecule has 0 N–H and O–H groups in total. The van der Waals surface area contributed by atoms with Crippen molar-refractivity contribution in [1.82, 2.24) is 30.4 Å². The Balaban J connectivity index is 1.91. The van der Waals surface area contributed by atoms with Gasteiger partial charge in [-0.3, -0.25) is 0 Å². The van der Waals surface area contributed by atoms with Crippen LogP contribution in [0.1, 0.15) is 16.8 Å². The normalized spacial score (nSPS) is 10.4. The summed E-state index contributed by atoms with van der Waals surface area (Å²) in [7, 11) is 0. The van der Waals surface area contributed by atoms with E-state index in [9.17, 15) is 0 Å². The van der Waals surface area contributed by atoms with Crippen molar-refractivity contribution in [1.29, 1.82) is 5.26 Å². The van der Waals surface area contributed by atoms with E-state index in [1.807, 2.05) is 31.2 Å². The van der Waals surface area contributed by atoms with Crippen molar-refractivity contribution in [2.45, 2.75) is 24.0 Å². The maximum atomic E-state index is 8.73. The van der Waals surface area contributed by atoms with Crippen molar-refractivity contribution >= 4 is 11.8 Å². The van der Waals surface area contributed by atoms with Crippen molar-refractivity contribution in [3.8, 4) is 11.8 Å². The third kappa shape index (κ3) is 2.80. The highest BCUT2D eigenvalue weighted by Crippen LogP contribution is 2.25. The van der Waals surface area contributed by atoms with E-state index in [1.54, 1.807) is 16.8 Å². The number of rotatable bonds is 3. The minimum atomic E-state index is 0.276. The van der Waals surface area contributed by atoms with Crippen LogP contribution in [-0.2, 0) is 0 Å². The number of hydrogen-bond acceptors (Lipinski definition) is 7. The molecule has 3 rings (SSSR count). The largest absolute Gasteiger partial charge is 0.220 e. The van der Waals surface area contributed by atoms with Crippen LogP contribution in [0, 0.1) is 25.2 Å². The van der Waals surface area contributed by atoms with E-state index in [-0.39, 0.29) is 5.69 Å². The third-order valence-electron chi connectivity index (χ3n) is 3.13. The summed E-state index contributed by atoms with van der Waals surface area (Å²) in [5.74, 6) is 0. The van der Waals surface area contributed by atoms with E-state index in [4.69, 9.17) is 5.26 Å². The number of aryl methyl sites for hydroxylation is 2. The van der Waals surface area contributed by atoms with Crippen LogP contribution < -0.4 is 0 Å². The number of aromatic nitrogens is 6. The third-order valence-corrected chi connectivity index (χ3v) is 3.99. The molecule has 0 amide bonds. The molecule has 0 saturated heterocycles. The molecule has 0 aliphatic rings. The van der Waals surface area contributed by atoms with Crippen LogP contribution in [0.25, 0.3) is 5.69 Å². The minimum absolute atomic E-state index is 0.276. The molecule has 0 bridgehead atoms. The van der Waals surface area contributed by atoms with Gasteiger partial charge in [0.2, 0.25) is 5.16 Å². The highest BCUT2D eigenvalue weighted by atomic mass is 32.2. The highest BCUT2D eigenvalue weighted by molar-refractivity contribution is 7.99. The van der Waals surface area contributed by atoms with Gasteiger partial charge in [-0.15, -0.1) is 15.3 Å². The van der Waals surface area contributed by atoms with E-state index in [1.165, 1.54) is 22.9 Å². The van der Waals surface area contributed by atoms with Crippen molar-refractivity contribution < 1.29 is 0 Å². The molecule has 3 aromatic rings. The predicted octanol–water partition coefficient (Wildman–Crippen LogP) is 2.09. The second-order valence-electron chi connectivity index (χ2n) is 4.61. The van der Waals surface area contributed by atoms with E-state index in [0.717, 1.165) is 5.69 Å². The number of benzene rings is 1. The lowest BCUT2D eigenvalue weighted by Crippen LogP contribution is -2.00. The second-order valence-corrected chi connectivity index (χ2v) is 5.60. The molecule has 0 fully saturated rings. The molecule has 1 aromatic carbocycles. The van der Waals surface area contributed by atoms with E-state index in [2.05, 4.69) is 32.6 Å². The van der Waals surface area contributed by atoms with Crippen molar-refractivity contribution in [2.75, 3.05) is 0 Å². The van der Waals surface area contributed by atoms with Gasteiger partial charge in [0, 0.05) is 0 Å². The molecule has 0 radical (unpaired) electrons. The van der Waals surface area contributed by atoms with Gasteiger partial charge < -0.3 is 0 Å². The van der Waals surface area contributed by atoms with Gasteiger partial charge in [0.1, 0.15) is 11.1 Å². The summed E-state index contributed by atoms with van der Waals surface area (Å²) in [4.78, 5) is 0. The lowest BCUT2D eigenvalue weighted by atomic mass is 10.1. The van der Waals surface area contributed by atoms with Gasteiger partial charge in [-0.1, -0.05) is 6.07 Å². The molecule has 108 valence electrons. The average Bonchev–Trinajstić information content (AvgIpc) is 2.99. The Kier molecular flexibility index (Phi) is 3.80. The van der Waals surface area contributed by atoms with Crippen LogP contribution >= 0.6 is 11.8 Å². The highest BCUT2D eigenvalue weighted by Gasteiger charge is 2.12. The first-order valence-corrected chi connectivity index (χ1v) is 7.27. The van der Waals surface area contributed by atoms with Gasteiger partial charge in [0.05, 0.1) is 5.69 Å². The van der Waals surface area contributed by atoms with E-state index >= 15 is 0 Å². The predicted molar refractivity (Wildman–Crippen MR) is 79.5 cm³/mol. The van der Waals surface area contributed by atoms with Gasteiger partial charge in [0.15, 0.2) is 5.69 Å². The first-order valence-electron chi connectivity index (χ1n) is 6.45. The van der Waals surface area contributed by atoms with Crippen LogP contribution in [0.4, 0.5) is 0 Å². The SMILES string of the molecule is Cc1ccc(-n2nnnc2Sc2ccc(C#N)nn2)cc1C. The van der Waals surface area contributed by atoms with Crippen LogP contribution in [0.15, 0.2) is 40.5 Å². The Morgan fingerprint density at radius 1 is 1.05 bits per heavy atom. The zero-order valence-electron chi connectivity index (χ0n) is 11.9. The van der Waals surface area contributed by atoms with Gasteiger partial charge in [-0.2, -0.15) is 9.94 Å². The Morgan fingerprint density at radius 2 is 1.91 bits per heavy atom. The molecule has 0 spiro atoms. The Morgan fingerprint density at radius 3 is 2.59 bits per heavy atom. The number of hydrogen-bond donors (Lipinski definition) is 0. The summed E-state index contributed by atoms with van der Waals surface area (Å²) < 4.78 is 1.65. The molecule has 8 heteroatoms. The fourth-order valence-corrected chi connectivity index (χ4v) is 2.50. The fourth-order valence-electron chi connectivity index (χ4n) is 1.79. The molecule has 0 unspecified atom stereocenters. The van der Waals surface area contributed by atoms with Crippen molar-refractivity contribution in [3.63, 3.8) is 0 Å². The molecule has 0 aliphatic carbocycles. The molecule has 2 heterocycles. The molecule has 0 atom stereocenters. The maximum Gasteiger partial charge on any atom is 0.220 e. The number of nitrogens with zero attached hydrogens (tertiary/aromatic N) is 7. The maximum absolute atomic E-state index is 8.73. The summed E-state index contributed by atoms with van der Waals surface area (Å²) in [6.07, 6.45) is 0. The van der Waals surface area contributed by atoms with Gasteiger partial charge in [-0.05, 0) is 71.4 Å². The monoisotopic (exact) mass is 309 g/mol. The van der Waals surface area contributed by atoms with Gasteiger partial charge in [0.25, 0.3) is 0 Å². The van der Waals surface area contributed by atoms with Crippen LogP contribution in [-0.4, -0.2) is 30.4 Å². The fraction of sp³-hybridized carbons (Fsp3) is 0.143. The zero-order chi connectivity index (χ0) is 15.5. The van der Waals surface area contributed by atoms with E-state index in [0.29, 0.717) is 10.2 Å². The van der Waals surface area contributed by atoms with Crippen LogP contribution in [0.2, 0.25) is 0 Å². The summed E-state index contributed by atoms with van der Waals surface area (Å²) >= 11 is 1.29. The summed E-state index contributed by atoms with van der Waals surface area (Å²) in [6.45, 7) is 4.10. The molecule has 7 nitrogen and oxygen atoms in total. The first-order chi connectivity index (χ1) is 10.7. The first kappa shape index (κ1) is 14.2. The zero-order valence-corrected chi connectivity index (χ0v) is 12.7. The standard InChI is InChI=1S/C14H11N7S/c1-9-3-5-12(7-10(9)2)21-14(18-19-20-21)22-13-6-4-11(8-15)16-17-13/h3-7H,1-2H3. The topological polar surface area (TPSA) is 93.2 Å². The number of nitriles is 1. The van der Waals surface area contributed by atoms with Crippen molar-refractivity contribution in [3.05, 3.63) is 47.2 Å². The quantitative estimate of drug-likeness (QED) is 0.731. The lowest BCUT2D eigenvalue weighted by Gasteiger charge is -2.06. The molecule has 0 aliphatic heterocycles. The summed E-state index contributed by atoms with van der Waals surface area (Å²) in [6, 6.07) is 11.3. The van der Waals surface area contributed by atoms with Crippen molar-refractivity contribution in [2.24, 2.45) is 0 Å². The van der Waals surface area contributed by atoms with Gasteiger partial charge >= 0.3 is 0 Å². The minimum Gasteiger partial charge on any atom is -0.191 e. The molecule has 22 heavy (non-hydrogen) atoms. The second kappa shape index (κ2) is 5.91. The average molecular weight is 309 g/mol. The summed E-state index contributed by atoms with van der Waals surface area (Å²) in [5, 5.41) is 29.5. The molecule has 2 aromatic heterocycles. The van der Waals surface area contributed by atoms with Gasteiger partial charge in [-0.25, -0.2) is 0 Å². The Bertz CT molecular complexity index is 848. The smallest absolute Gasteiger partial charge is 0.191 e. The summed E-state index contributed by atoms with van der Waals surface area (Å²) in [5.41, 5.74) is 3.54. The van der Waals surface area contributed by atoms with Crippen LogP contribution in [0.3, 0.4) is 0 Å². The lowest BCUT2D eigenvalue weighted by molar-refractivity contribution is 0.754. The molecule has 0 saturated carbocycles. The van der Waals surface area contributed by atoms with E-state index < -0.39 is 0 Å². The van der Waals surface area contributed by atoms with Crippen LogP contribution in [0.5, 0.6) is 0 Å².